The predicted octanol–water partition coefficient (Wildman–Crippen LogP) is 9.58. The molecule has 1 heteroatoms. The van der Waals surface area contributed by atoms with E-state index in [1.54, 1.807) is 39.0 Å². The molecule has 1 aromatic rings. The van der Waals surface area contributed by atoms with E-state index in [1.807, 2.05) is 0 Å². The first-order valence-electron chi connectivity index (χ1n) is 12.7. The molecule has 174 valence electrons. The zero-order valence-corrected chi connectivity index (χ0v) is 26.5. The number of hydrogen-bond acceptors (Lipinski definition) is 0. The third-order valence-electron chi connectivity index (χ3n) is 10.1. The minimum atomic E-state index is -3.14. The van der Waals surface area contributed by atoms with Gasteiger partial charge in [-0.3, -0.25) is 0 Å². The van der Waals surface area contributed by atoms with Crippen LogP contribution in [0.1, 0.15) is 97.9 Å². The fraction of sp³-hybridized carbons (Fsp3) is 0.613. The first-order valence-corrected chi connectivity index (χ1v) is 23.5. The maximum atomic E-state index is 2.79. The fourth-order valence-electron chi connectivity index (χ4n) is 7.71. The monoisotopic (exact) mass is 598 g/mol. The fourth-order valence-corrected chi connectivity index (χ4v) is 27.5. The van der Waals surface area contributed by atoms with Crippen molar-refractivity contribution in [1.82, 2.24) is 0 Å². The molecule has 3 aliphatic carbocycles. The predicted molar refractivity (Wildman–Crippen MR) is 139 cm³/mol. The Morgan fingerprint density at radius 2 is 1.34 bits per heavy atom. The SMILES string of the molecule is CC1=C(C)[C](C)([Hf]([CH3])([CH3])[C]2(CC(C)(C)C)C=Cc3cc4c(cc32)CC(C)(C)C4)C(C)=C1C. The average molecular weight is 597 g/mol. The van der Waals surface area contributed by atoms with E-state index in [0.717, 1.165) is 0 Å². The average Bonchev–Trinajstić information content (AvgIpc) is 3.21. The van der Waals surface area contributed by atoms with Crippen LogP contribution in [0.5, 0.6) is 0 Å². The summed E-state index contributed by atoms with van der Waals surface area (Å²) in [5.41, 5.74) is 13.6. The van der Waals surface area contributed by atoms with Crippen molar-refractivity contribution < 1.29 is 20.0 Å². The van der Waals surface area contributed by atoms with Gasteiger partial charge in [0.15, 0.2) is 0 Å². The molecule has 0 heterocycles. The van der Waals surface area contributed by atoms with Gasteiger partial charge in [-0.2, -0.15) is 0 Å². The van der Waals surface area contributed by atoms with E-state index < -0.39 is 20.0 Å². The van der Waals surface area contributed by atoms with Gasteiger partial charge in [0.2, 0.25) is 0 Å². The van der Waals surface area contributed by atoms with E-state index in [0.29, 0.717) is 5.41 Å². The van der Waals surface area contributed by atoms with Crippen LogP contribution in [0.3, 0.4) is 0 Å². The molecule has 0 N–H and O–H groups in total. The van der Waals surface area contributed by atoms with Gasteiger partial charge in [0.25, 0.3) is 0 Å². The maximum absolute atomic E-state index is 3.14. The molecule has 1 atom stereocenters. The van der Waals surface area contributed by atoms with Gasteiger partial charge in [0.05, 0.1) is 0 Å². The Labute approximate surface area is 203 Å². The first-order chi connectivity index (χ1) is 14.5. The van der Waals surface area contributed by atoms with Crippen LogP contribution >= 0.6 is 0 Å². The first kappa shape index (κ1) is 24.4. The summed E-state index contributed by atoms with van der Waals surface area (Å²) in [6, 6.07) is 5.26. The van der Waals surface area contributed by atoms with Crippen molar-refractivity contribution in [2.75, 3.05) is 0 Å². The summed E-state index contributed by atoms with van der Waals surface area (Å²) < 4.78 is 6.06. The van der Waals surface area contributed by atoms with Gasteiger partial charge in [-0.15, -0.1) is 0 Å². The summed E-state index contributed by atoms with van der Waals surface area (Å²) in [7, 11) is 0. The minimum absolute atomic E-state index is 0.227. The molecule has 1 unspecified atom stereocenters. The van der Waals surface area contributed by atoms with Crippen molar-refractivity contribution in [2.45, 2.75) is 104 Å². The molecular weight excluding hydrogens is 551 g/mol. The number of allylic oxidation sites excluding steroid dienone is 5. The molecule has 3 aliphatic rings. The van der Waals surface area contributed by atoms with Crippen molar-refractivity contribution in [2.24, 2.45) is 10.8 Å². The van der Waals surface area contributed by atoms with Crippen molar-refractivity contribution in [3.8, 4) is 0 Å². The van der Waals surface area contributed by atoms with Gasteiger partial charge >= 0.3 is 204 Å². The van der Waals surface area contributed by atoms with Crippen LogP contribution in [0.25, 0.3) is 6.08 Å². The van der Waals surface area contributed by atoms with Gasteiger partial charge in [-0.25, -0.2) is 0 Å². The van der Waals surface area contributed by atoms with Crippen molar-refractivity contribution in [1.29, 1.82) is 0 Å². The molecule has 0 nitrogen and oxygen atoms in total. The molecule has 0 spiro atoms. The van der Waals surface area contributed by atoms with Gasteiger partial charge < -0.3 is 0 Å². The second-order valence-corrected chi connectivity index (χ2v) is 32.5. The Kier molecular flexibility index (Phi) is 5.47. The molecule has 0 saturated carbocycles. The summed E-state index contributed by atoms with van der Waals surface area (Å²) in [6.45, 7) is 24.5. The Balaban J connectivity index is 1.98. The van der Waals surface area contributed by atoms with Gasteiger partial charge in [0, 0.05) is 0 Å². The van der Waals surface area contributed by atoms with Crippen LogP contribution in [0.4, 0.5) is 0 Å². The van der Waals surface area contributed by atoms with Gasteiger partial charge in [0.1, 0.15) is 0 Å². The Hall–Kier alpha value is -0.690. The van der Waals surface area contributed by atoms with Crippen LogP contribution < -0.4 is 0 Å². The number of rotatable bonds is 3. The number of hydrogen-bond donors (Lipinski definition) is 0. The summed E-state index contributed by atoms with van der Waals surface area (Å²) in [4.78, 5) is 0. The molecule has 0 aliphatic heterocycles. The molecule has 0 radical (unpaired) electrons. The van der Waals surface area contributed by atoms with Gasteiger partial charge in [-0.1, -0.05) is 0 Å². The topological polar surface area (TPSA) is 0 Å². The Morgan fingerprint density at radius 1 is 0.844 bits per heavy atom. The molecule has 32 heavy (non-hydrogen) atoms. The van der Waals surface area contributed by atoms with Crippen LogP contribution in [0.15, 0.2) is 40.5 Å². The summed E-state index contributed by atoms with van der Waals surface area (Å²) in [5, 5.41) is 0. The molecule has 0 aromatic heterocycles. The third kappa shape index (κ3) is 3.23. The summed E-state index contributed by atoms with van der Waals surface area (Å²) in [6.07, 6.45) is 8.94. The zero-order valence-electron chi connectivity index (χ0n) is 22.9. The Bertz CT molecular complexity index is 1060. The van der Waals surface area contributed by atoms with E-state index in [4.69, 9.17) is 0 Å². The second-order valence-electron chi connectivity index (χ2n) is 14.0. The quantitative estimate of drug-likeness (QED) is 0.305. The molecule has 1 aromatic carbocycles. The molecular formula is C31H46Hf. The molecule has 0 amide bonds. The van der Waals surface area contributed by atoms with Crippen LogP contribution in [0, 0.1) is 10.8 Å². The molecule has 0 fully saturated rings. The van der Waals surface area contributed by atoms with E-state index in [-0.39, 0.29) is 11.8 Å². The third-order valence-corrected chi connectivity index (χ3v) is 32.0. The van der Waals surface area contributed by atoms with E-state index in [9.17, 15) is 0 Å². The summed E-state index contributed by atoms with van der Waals surface area (Å²) >= 11 is -3.14. The van der Waals surface area contributed by atoms with Gasteiger partial charge in [-0.05, 0) is 0 Å². The van der Waals surface area contributed by atoms with Crippen LogP contribution in [-0.4, -0.2) is 0 Å². The summed E-state index contributed by atoms with van der Waals surface area (Å²) in [5.74, 6) is 0. The molecule has 4 rings (SSSR count). The number of benzene rings is 1. The second kappa shape index (κ2) is 7.16. The zero-order chi connectivity index (χ0) is 24.1. The van der Waals surface area contributed by atoms with Crippen molar-refractivity contribution in [3.63, 3.8) is 0 Å². The standard InChI is InChI=1S/C19H25.C10H15.2CH3.Hf/c1-18(2,3)10-14-7-6-13-8-15-11-19(4,5)12-16(15)9-17(13)14;1-6-7(2)9(4)10(5)8(6)3;;;/h6-9H,10-12H2,1-5H3;1-5H3;2*1H3;. The van der Waals surface area contributed by atoms with E-state index in [2.05, 4.69) is 103 Å². The molecule has 0 saturated heterocycles. The van der Waals surface area contributed by atoms with Crippen LogP contribution in [-0.2, 0) is 36.0 Å². The molecule has 0 bridgehead atoms. The normalized spacial score (nSPS) is 26.2. The van der Waals surface area contributed by atoms with E-state index in [1.165, 1.54) is 24.8 Å². The Morgan fingerprint density at radius 3 is 1.84 bits per heavy atom. The van der Waals surface area contributed by atoms with Crippen LogP contribution in [0.2, 0.25) is 12.5 Å². The number of fused-ring (bicyclic) bond motifs is 2. The van der Waals surface area contributed by atoms with Crippen molar-refractivity contribution in [3.05, 3.63) is 62.8 Å². The van der Waals surface area contributed by atoms with Crippen molar-refractivity contribution >= 4 is 6.08 Å². The van der Waals surface area contributed by atoms with E-state index >= 15 is 0 Å².